The van der Waals surface area contributed by atoms with Crippen molar-refractivity contribution in [2.24, 2.45) is 0 Å². The normalized spacial score (nSPS) is 14.1. The molecule has 2 aromatic rings. The Morgan fingerprint density at radius 1 is 1.18 bits per heavy atom. The van der Waals surface area contributed by atoms with Crippen molar-refractivity contribution in [2.75, 3.05) is 18.6 Å². The van der Waals surface area contributed by atoms with Crippen LogP contribution < -0.4 is 4.90 Å². The lowest BCUT2D eigenvalue weighted by atomic mass is 10.1. The number of ketones is 1. The van der Waals surface area contributed by atoms with Gasteiger partial charge in [0.05, 0.1) is 24.5 Å². The van der Waals surface area contributed by atoms with Crippen molar-refractivity contribution in [1.29, 1.82) is 0 Å². The summed E-state index contributed by atoms with van der Waals surface area (Å²) in [5.41, 5.74) is 1.08. The third kappa shape index (κ3) is 2.88. The van der Waals surface area contributed by atoms with E-state index in [4.69, 9.17) is 4.42 Å². The first kappa shape index (κ1) is 15.5. The van der Waals surface area contributed by atoms with Gasteiger partial charge in [0.25, 0.3) is 5.78 Å². The molecule has 0 fully saturated rings. The Hall–Kier alpha value is -1.44. The van der Waals surface area contributed by atoms with E-state index in [0.717, 1.165) is 10.2 Å². The molecule has 0 atom stereocenters. The van der Waals surface area contributed by atoms with Crippen molar-refractivity contribution >= 4 is 49.2 Å². The van der Waals surface area contributed by atoms with Gasteiger partial charge in [-0.15, -0.1) is 0 Å². The third-order valence-electron chi connectivity index (χ3n) is 3.37. The quantitative estimate of drug-likeness (QED) is 0.701. The predicted octanol–water partition coefficient (Wildman–Crippen LogP) is 3.42. The number of halogens is 2. The van der Waals surface area contributed by atoms with Gasteiger partial charge in [0.15, 0.2) is 4.67 Å². The molecular weight excluding hydrogens is 416 g/mol. The van der Waals surface area contributed by atoms with E-state index in [9.17, 15) is 9.59 Å². The van der Waals surface area contributed by atoms with Crippen LogP contribution in [0.1, 0.15) is 16.1 Å². The molecule has 2 heterocycles. The lowest BCUT2D eigenvalue weighted by Gasteiger charge is -2.23. The van der Waals surface area contributed by atoms with E-state index in [2.05, 4.69) is 31.9 Å². The SMILES string of the molecule is CN(Cc1ccc(Br)o1)CN1C(=O)C(=O)c2ccc(Br)cc21. The smallest absolute Gasteiger partial charge is 0.300 e. The molecule has 7 heteroatoms. The molecule has 0 saturated heterocycles. The number of benzene rings is 1. The average Bonchev–Trinajstić information content (AvgIpc) is 2.96. The molecule has 0 spiro atoms. The molecule has 114 valence electrons. The first-order chi connectivity index (χ1) is 10.5. The second kappa shape index (κ2) is 5.98. The number of rotatable bonds is 4. The van der Waals surface area contributed by atoms with E-state index < -0.39 is 11.7 Å². The van der Waals surface area contributed by atoms with Gasteiger partial charge in [-0.25, -0.2) is 0 Å². The van der Waals surface area contributed by atoms with Crippen LogP contribution in [0.25, 0.3) is 0 Å². The van der Waals surface area contributed by atoms with Crippen molar-refractivity contribution in [3.63, 3.8) is 0 Å². The number of carbonyl (C=O) groups is 2. The number of amides is 1. The number of anilines is 1. The van der Waals surface area contributed by atoms with Crippen molar-refractivity contribution in [1.82, 2.24) is 4.90 Å². The number of carbonyl (C=O) groups excluding carboxylic acids is 2. The van der Waals surface area contributed by atoms with Crippen molar-refractivity contribution in [3.8, 4) is 0 Å². The minimum absolute atomic E-state index is 0.312. The molecule has 0 saturated carbocycles. The molecule has 5 nitrogen and oxygen atoms in total. The van der Waals surface area contributed by atoms with E-state index in [0.29, 0.717) is 29.1 Å². The highest BCUT2D eigenvalue weighted by molar-refractivity contribution is 9.10. The number of fused-ring (bicyclic) bond motifs is 1. The van der Waals surface area contributed by atoms with Crippen LogP contribution in [0.3, 0.4) is 0 Å². The summed E-state index contributed by atoms with van der Waals surface area (Å²) >= 11 is 6.63. The largest absolute Gasteiger partial charge is 0.453 e. The number of hydrogen-bond donors (Lipinski definition) is 0. The fourth-order valence-corrected chi connectivity index (χ4v) is 3.09. The lowest BCUT2D eigenvalue weighted by molar-refractivity contribution is -0.114. The van der Waals surface area contributed by atoms with Gasteiger partial charge < -0.3 is 4.42 Å². The molecule has 1 aliphatic heterocycles. The minimum atomic E-state index is -0.499. The number of Topliss-reactive ketones (excluding diaryl/α,β-unsaturated/α-hetero) is 1. The van der Waals surface area contributed by atoms with Crippen LogP contribution in [-0.4, -0.2) is 30.3 Å². The number of hydrogen-bond acceptors (Lipinski definition) is 4. The highest BCUT2D eigenvalue weighted by atomic mass is 79.9. The number of furan rings is 1. The molecule has 0 bridgehead atoms. The van der Waals surface area contributed by atoms with E-state index in [1.54, 1.807) is 18.2 Å². The van der Waals surface area contributed by atoms with Gasteiger partial charge in [0.2, 0.25) is 0 Å². The van der Waals surface area contributed by atoms with E-state index in [1.807, 2.05) is 24.1 Å². The Labute approximate surface area is 144 Å². The maximum absolute atomic E-state index is 12.2. The number of nitrogens with zero attached hydrogens (tertiary/aromatic N) is 2. The molecular formula is C15H12Br2N2O3. The molecule has 0 N–H and O–H groups in total. The van der Waals surface area contributed by atoms with E-state index in [-0.39, 0.29) is 0 Å². The fraction of sp³-hybridized carbons (Fsp3) is 0.200. The van der Waals surface area contributed by atoms with Gasteiger partial charge in [-0.1, -0.05) is 15.9 Å². The van der Waals surface area contributed by atoms with Crippen LogP contribution in [-0.2, 0) is 11.3 Å². The molecule has 0 radical (unpaired) electrons. The molecule has 1 aliphatic rings. The Morgan fingerprint density at radius 3 is 2.64 bits per heavy atom. The van der Waals surface area contributed by atoms with Gasteiger partial charge >= 0.3 is 5.91 Å². The van der Waals surface area contributed by atoms with Gasteiger partial charge in [-0.05, 0) is 53.3 Å². The van der Waals surface area contributed by atoms with Gasteiger partial charge in [-0.3, -0.25) is 19.4 Å². The minimum Gasteiger partial charge on any atom is -0.453 e. The third-order valence-corrected chi connectivity index (χ3v) is 4.29. The van der Waals surface area contributed by atoms with Crippen LogP contribution in [0.2, 0.25) is 0 Å². The standard InChI is InChI=1S/C15H12Br2N2O3/c1-18(7-10-3-5-13(17)22-10)8-19-12-6-9(16)2-4-11(12)14(20)15(19)21/h2-6H,7-8H2,1H3. The van der Waals surface area contributed by atoms with Crippen LogP contribution >= 0.6 is 31.9 Å². The Bertz CT molecular complexity index is 757. The maximum Gasteiger partial charge on any atom is 0.300 e. The van der Waals surface area contributed by atoms with Crippen LogP contribution in [0.15, 0.2) is 43.9 Å². The topological polar surface area (TPSA) is 53.8 Å². The van der Waals surface area contributed by atoms with Gasteiger partial charge in [-0.2, -0.15) is 0 Å². The maximum atomic E-state index is 12.2. The zero-order chi connectivity index (χ0) is 15.9. The molecule has 3 rings (SSSR count). The second-order valence-electron chi connectivity index (χ2n) is 5.09. The summed E-state index contributed by atoms with van der Waals surface area (Å²) in [7, 11) is 1.87. The van der Waals surface area contributed by atoms with Crippen molar-refractivity contribution in [3.05, 3.63) is 50.8 Å². The second-order valence-corrected chi connectivity index (χ2v) is 6.78. The Kier molecular flexibility index (Phi) is 4.20. The van der Waals surface area contributed by atoms with Crippen molar-refractivity contribution < 1.29 is 14.0 Å². The van der Waals surface area contributed by atoms with Crippen LogP contribution in [0.4, 0.5) is 5.69 Å². The molecule has 1 amide bonds. The zero-order valence-electron chi connectivity index (χ0n) is 11.7. The summed E-state index contributed by atoms with van der Waals surface area (Å²) in [5, 5.41) is 0. The molecule has 22 heavy (non-hydrogen) atoms. The van der Waals surface area contributed by atoms with Crippen LogP contribution in [0.5, 0.6) is 0 Å². The first-order valence-electron chi connectivity index (χ1n) is 6.54. The molecule has 1 aromatic heterocycles. The first-order valence-corrected chi connectivity index (χ1v) is 8.13. The Balaban J connectivity index is 1.79. The lowest BCUT2D eigenvalue weighted by Crippen LogP contribution is -2.38. The fourth-order valence-electron chi connectivity index (χ4n) is 2.40. The monoisotopic (exact) mass is 426 g/mol. The van der Waals surface area contributed by atoms with E-state index >= 15 is 0 Å². The summed E-state index contributed by atoms with van der Waals surface area (Å²) < 4.78 is 6.95. The van der Waals surface area contributed by atoms with Crippen molar-refractivity contribution in [2.45, 2.75) is 6.54 Å². The zero-order valence-corrected chi connectivity index (χ0v) is 14.8. The molecule has 1 aromatic carbocycles. The average molecular weight is 428 g/mol. The molecule has 0 aliphatic carbocycles. The molecule has 0 unspecified atom stereocenters. The summed E-state index contributed by atoms with van der Waals surface area (Å²) in [6, 6.07) is 8.90. The highest BCUT2D eigenvalue weighted by Gasteiger charge is 2.36. The summed E-state index contributed by atoms with van der Waals surface area (Å²) in [5.74, 6) is -0.181. The van der Waals surface area contributed by atoms with Gasteiger partial charge in [0.1, 0.15) is 5.76 Å². The predicted molar refractivity (Wildman–Crippen MR) is 88.7 cm³/mol. The Morgan fingerprint density at radius 2 is 1.95 bits per heavy atom. The summed E-state index contributed by atoms with van der Waals surface area (Å²) in [4.78, 5) is 27.6. The van der Waals surface area contributed by atoms with Gasteiger partial charge in [0, 0.05) is 4.47 Å². The highest BCUT2D eigenvalue weighted by Crippen LogP contribution is 2.31. The summed E-state index contributed by atoms with van der Waals surface area (Å²) in [6.45, 7) is 0.846. The van der Waals surface area contributed by atoms with E-state index in [1.165, 1.54) is 4.90 Å². The summed E-state index contributed by atoms with van der Waals surface area (Å²) in [6.07, 6.45) is 0. The van der Waals surface area contributed by atoms with Crippen LogP contribution in [0, 0.1) is 0 Å².